The Morgan fingerprint density at radius 1 is 0.894 bits per heavy atom. The van der Waals surface area contributed by atoms with Gasteiger partial charge in [-0.05, 0) is 61.9 Å². The van der Waals surface area contributed by atoms with Gasteiger partial charge in [0, 0.05) is 55.3 Å². The van der Waals surface area contributed by atoms with Crippen molar-refractivity contribution in [3.63, 3.8) is 0 Å². The minimum Gasteiger partial charge on any atom is -0.353 e. The topological polar surface area (TPSA) is 97.6 Å². The lowest BCUT2D eigenvalue weighted by molar-refractivity contribution is -0.143. The monoisotopic (exact) mass is 655 g/mol. The SMILES string of the molecule is CC(=O)C1=C(C)N(c2cccc(C(F)(F)F)c2)C(=O)C(C(=O)N2CCN(c3ccc(C(F)(F)F)cn3)CC2)C1c1ccc(C#N)cc1. The van der Waals surface area contributed by atoms with Gasteiger partial charge in [0.2, 0.25) is 11.8 Å². The Hall–Kier alpha value is -5.19. The number of aromatic nitrogens is 1. The largest absolute Gasteiger partial charge is 0.417 e. The number of halogens is 6. The highest BCUT2D eigenvalue weighted by Crippen LogP contribution is 2.44. The number of hydrogen-bond donors (Lipinski definition) is 0. The molecule has 2 aliphatic rings. The summed E-state index contributed by atoms with van der Waals surface area (Å²) in [6.45, 7) is 3.10. The summed E-state index contributed by atoms with van der Waals surface area (Å²) < 4.78 is 79.9. The molecule has 2 aromatic carbocycles. The van der Waals surface area contributed by atoms with E-state index >= 15 is 0 Å². The van der Waals surface area contributed by atoms with Gasteiger partial charge >= 0.3 is 12.4 Å². The molecule has 0 N–H and O–H groups in total. The summed E-state index contributed by atoms with van der Waals surface area (Å²) in [6, 6.07) is 14.2. The highest BCUT2D eigenvalue weighted by atomic mass is 19.4. The van der Waals surface area contributed by atoms with Gasteiger partial charge in [-0.3, -0.25) is 19.3 Å². The number of carbonyl (C=O) groups excluding carboxylic acids is 3. The lowest BCUT2D eigenvalue weighted by atomic mass is 9.73. The minimum atomic E-state index is -4.72. The number of Topliss-reactive ketones (excluding diaryl/α,β-unsaturated/α-hetero) is 1. The molecule has 1 fully saturated rings. The molecule has 1 saturated heterocycles. The molecule has 244 valence electrons. The third kappa shape index (κ3) is 6.56. The van der Waals surface area contributed by atoms with Crippen LogP contribution in [0.5, 0.6) is 0 Å². The van der Waals surface area contributed by atoms with E-state index < -0.39 is 52.9 Å². The Morgan fingerprint density at radius 3 is 2.06 bits per heavy atom. The fourth-order valence-corrected chi connectivity index (χ4v) is 6.04. The predicted molar refractivity (Wildman–Crippen MR) is 158 cm³/mol. The fourth-order valence-electron chi connectivity index (χ4n) is 6.04. The Balaban J connectivity index is 1.53. The second-order valence-corrected chi connectivity index (χ2v) is 11.2. The van der Waals surface area contributed by atoms with Crippen LogP contribution >= 0.6 is 0 Å². The second-order valence-electron chi connectivity index (χ2n) is 11.2. The third-order valence-electron chi connectivity index (χ3n) is 8.32. The highest BCUT2D eigenvalue weighted by molar-refractivity contribution is 6.15. The number of ketones is 1. The van der Waals surface area contributed by atoms with Gasteiger partial charge in [-0.2, -0.15) is 31.6 Å². The molecule has 2 unspecified atom stereocenters. The fraction of sp³-hybridized carbons (Fsp3) is 0.303. The van der Waals surface area contributed by atoms with Gasteiger partial charge in [0.05, 0.1) is 22.8 Å². The van der Waals surface area contributed by atoms with Crippen molar-refractivity contribution in [3.8, 4) is 6.07 Å². The molecule has 3 aromatic rings. The van der Waals surface area contributed by atoms with Crippen LogP contribution in [0, 0.1) is 17.2 Å². The molecular formula is C33H27F6N5O3. The summed E-state index contributed by atoms with van der Waals surface area (Å²) in [5.74, 6) is -4.42. The molecule has 2 amide bonds. The summed E-state index contributed by atoms with van der Waals surface area (Å²) >= 11 is 0. The van der Waals surface area contributed by atoms with Crippen LogP contribution in [0.1, 0.15) is 42.0 Å². The van der Waals surface area contributed by atoms with Gasteiger partial charge in [-0.15, -0.1) is 0 Å². The highest BCUT2D eigenvalue weighted by Gasteiger charge is 2.49. The summed E-state index contributed by atoms with van der Waals surface area (Å²) in [5, 5.41) is 9.29. The first-order valence-electron chi connectivity index (χ1n) is 14.4. The van der Waals surface area contributed by atoms with Gasteiger partial charge in [0.25, 0.3) is 0 Å². The number of allylic oxidation sites excluding steroid dienone is 2. The molecule has 8 nitrogen and oxygen atoms in total. The molecule has 2 aliphatic heterocycles. The van der Waals surface area contributed by atoms with Gasteiger partial charge in [-0.1, -0.05) is 18.2 Å². The van der Waals surface area contributed by atoms with Crippen LogP contribution in [0.3, 0.4) is 0 Å². The van der Waals surface area contributed by atoms with E-state index in [-0.39, 0.29) is 49.0 Å². The summed E-state index contributed by atoms with van der Waals surface area (Å²) in [4.78, 5) is 49.8. The van der Waals surface area contributed by atoms with E-state index in [1.165, 1.54) is 55.1 Å². The number of carbonyl (C=O) groups is 3. The first-order chi connectivity index (χ1) is 22.1. The van der Waals surface area contributed by atoms with Crippen molar-refractivity contribution in [2.24, 2.45) is 5.92 Å². The van der Waals surface area contributed by atoms with E-state index in [1.54, 1.807) is 4.90 Å². The zero-order valence-corrected chi connectivity index (χ0v) is 25.1. The van der Waals surface area contributed by atoms with Crippen LogP contribution in [0.15, 0.2) is 78.1 Å². The van der Waals surface area contributed by atoms with E-state index in [2.05, 4.69) is 4.98 Å². The normalized spacial score (nSPS) is 19.1. The molecule has 0 saturated carbocycles. The number of nitriles is 1. The number of amides is 2. The van der Waals surface area contributed by atoms with E-state index in [4.69, 9.17) is 0 Å². The molecule has 1 aromatic heterocycles. The van der Waals surface area contributed by atoms with Gasteiger partial charge in [0.15, 0.2) is 5.78 Å². The maximum atomic E-state index is 14.3. The first kappa shape index (κ1) is 33.2. The molecular weight excluding hydrogens is 628 g/mol. The number of alkyl halides is 6. The van der Waals surface area contributed by atoms with Gasteiger partial charge in [0.1, 0.15) is 11.7 Å². The molecule has 2 atom stereocenters. The van der Waals surface area contributed by atoms with Crippen molar-refractivity contribution in [1.82, 2.24) is 9.88 Å². The second kappa shape index (κ2) is 12.5. The maximum absolute atomic E-state index is 14.3. The Bertz CT molecular complexity index is 1770. The zero-order valence-electron chi connectivity index (χ0n) is 25.1. The number of nitrogens with zero attached hydrogens (tertiary/aromatic N) is 5. The number of benzene rings is 2. The van der Waals surface area contributed by atoms with Crippen LogP contribution in [0.2, 0.25) is 0 Å². The first-order valence-corrected chi connectivity index (χ1v) is 14.4. The quantitative estimate of drug-likeness (QED) is 0.249. The smallest absolute Gasteiger partial charge is 0.353 e. The van der Waals surface area contributed by atoms with Gasteiger partial charge < -0.3 is 9.80 Å². The standard InChI is InChI=1S/C33H27F6N5O3/c1-19-27(20(2)45)28(22-8-6-21(17-40)7-9-22)29(31(47)44(19)25-5-3-4-23(16-25)32(34,35)36)30(46)43-14-12-42(13-15-43)26-11-10-24(18-41-26)33(37,38)39/h3-11,16,18,28-29H,12-15H2,1-2H3. The van der Waals surface area contributed by atoms with Crippen molar-refractivity contribution in [2.75, 3.05) is 36.0 Å². The zero-order chi connectivity index (χ0) is 34.3. The molecule has 0 radical (unpaired) electrons. The van der Waals surface area contributed by atoms with Crippen LogP contribution < -0.4 is 9.80 Å². The molecule has 0 spiro atoms. The van der Waals surface area contributed by atoms with Crippen molar-refractivity contribution >= 4 is 29.1 Å². The molecule has 5 rings (SSSR count). The Kier molecular flexibility index (Phi) is 8.85. The van der Waals surface area contributed by atoms with E-state index in [1.807, 2.05) is 6.07 Å². The van der Waals surface area contributed by atoms with Crippen molar-refractivity contribution in [1.29, 1.82) is 5.26 Å². The third-order valence-corrected chi connectivity index (χ3v) is 8.32. The molecule has 3 heterocycles. The molecule has 47 heavy (non-hydrogen) atoms. The van der Waals surface area contributed by atoms with Crippen molar-refractivity contribution in [3.05, 3.63) is 100 Å². The van der Waals surface area contributed by atoms with Crippen LogP contribution in [-0.4, -0.2) is 53.7 Å². The van der Waals surface area contributed by atoms with Crippen molar-refractivity contribution < 1.29 is 40.7 Å². The van der Waals surface area contributed by atoms with Crippen molar-refractivity contribution in [2.45, 2.75) is 32.1 Å². The maximum Gasteiger partial charge on any atom is 0.417 e. The minimum absolute atomic E-state index is 0.0487. The number of hydrogen-bond acceptors (Lipinski definition) is 6. The number of anilines is 2. The number of piperazine rings is 1. The molecule has 0 bridgehead atoms. The lowest BCUT2D eigenvalue weighted by Gasteiger charge is -2.42. The lowest BCUT2D eigenvalue weighted by Crippen LogP contribution is -2.56. The van der Waals surface area contributed by atoms with Crippen LogP contribution in [0.25, 0.3) is 0 Å². The summed E-state index contributed by atoms with van der Waals surface area (Å²) in [7, 11) is 0. The van der Waals surface area contributed by atoms with E-state index in [0.29, 0.717) is 11.1 Å². The Morgan fingerprint density at radius 2 is 1.53 bits per heavy atom. The van der Waals surface area contributed by atoms with E-state index in [9.17, 15) is 46.0 Å². The Labute approximate surface area is 265 Å². The van der Waals surface area contributed by atoms with Crippen LogP contribution in [0.4, 0.5) is 37.8 Å². The summed E-state index contributed by atoms with van der Waals surface area (Å²) in [5.41, 5.74) is -1.30. The molecule has 0 aliphatic carbocycles. The average molecular weight is 656 g/mol. The molecule has 14 heteroatoms. The van der Waals surface area contributed by atoms with Gasteiger partial charge in [-0.25, -0.2) is 4.98 Å². The predicted octanol–water partition coefficient (Wildman–Crippen LogP) is 5.95. The summed E-state index contributed by atoms with van der Waals surface area (Å²) in [6.07, 6.45) is -8.56. The van der Waals surface area contributed by atoms with E-state index in [0.717, 1.165) is 35.4 Å². The van der Waals surface area contributed by atoms with Crippen LogP contribution in [-0.2, 0) is 26.7 Å². The number of pyridine rings is 1. The average Bonchev–Trinajstić information content (AvgIpc) is 3.03. The number of rotatable bonds is 5.